The van der Waals surface area contributed by atoms with Crippen LogP contribution in [0.25, 0.3) is 0 Å². The Balaban J connectivity index is 1.22. The first-order valence-corrected chi connectivity index (χ1v) is 12.3. The molecule has 0 N–H and O–H groups in total. The van der Waals surface area contributed by atoms with Crippen molar-refractivity contribution < 1.29 is 14.3 Å². The number of ether oxygens (including phenoxy) is 2. The Labute approximate surface area is 187 Å². The Kier molecular flexibility index (Phi) is 7.53. The largest absolute Gasteiger partial charge is 0.490 e. The van der Waals surface area contributed by atoms with Crippen molar-refractivity contribution in [3.8, 4) is 11.5 Å². The zero-order valence-corrected chi connectivity index (χ0v) is 18.8. The van der Waals surface area contributed by atoms with Crippen LogP contribution in [0.15, 0.2) is 49.6 Å². The van der Waals surface area contributed by atoms with Gasteiger partial charge < -0.3 is 9.47 Å². The summed E-state index contributed by atoms with van der Waals surface area (Å²) in [5.74, 6) is 5.67. The first-order valence-electron chi connectivity index (χ1n) is 12.3. The fourth-order valence-corrected chi connectivity index (χ4v) is 6.39. The molecule has 0 amide bonds. The molecule has 0 radical (unpaired) electrons. The maximum absolute atomic E-state index is 12.7. The van der Waals surface area contributed by atoms with Gasteiger partial charge >= 0.3 is 5.97 Å². The molecule has 0 spiro atoms. The number of rotatable bonds is 7. The molecular formula is C28H38O3. The van der Waals surface area contributed by atoms with Gasteiger partial charge in [-0.2, -0.15) is 0 Å². The second-order valence-electron chi connectivity index (χ2n) is 10.0. The molecule has 4 unspecified atom stereocenters. The van der Waals surface area contributed by atoms with Gasteiger partial charge in [0.25, 0.3) is 0 Å². The predicted octanol–water partition coefficient (Wildman–Crippen LogP) is 6.98. The summed E-state index contributed by atoms with van der Waals surface area (Å²) >= 11 is 0. The molecule has 3 saturated carbocycles. The maximum Gasteiger partial charge on any atom is 0.314 e. The van der Waals surface area contributed by atoms with Crippen molar-refractivity contribution >= 4 is 5.97 Å². The topological polar surface area (TPSA) is 35.5 Å². The summed E-state index contributed by atoms with van der Waals surface area (Å²) in [6.45, 7) is 8.14. The van der Waals surface area contributed by atoms with Gasteiger partial charge in [-0.15, -0.1) is 6.58 Å². The highest BCUT2D eigenvalue weighted by molar-refractivity contribution is 5.75. The minimum Gasteiger partial charge on any atom is -0.490 e. The van der Waals surface area contributed by atoms with Crippen LogP contribution in [0.2, 0.25) is 0 Å². The number of hydrogen-bond acceptors (Lipinski definition) is 3. The summed E-state index contributed by atoms with van der Waals surface area (Å²) in [5.41, 5.74) is 0. The Morgan fingerprint density at radius 2 is 1.39 bits per heavy atom. The molecule has 1 aromatic carbocycles. The van der Waals surface area contributed by atoms with E-state index in [-0.39, 0.29) is 11.9 Å². The van der Waals surface area contributed by atoms with Crippen LogP contribution in [0.5, 0.6) is 11.5 Å². The molecule has 4 atom stereocenters. The van der Waals surface area contributed by atoms with Crippen LogP contribution in [0.1, 0.15) is 64.2 Å². The molecule has 3 nitrogen and oxygen atoms in total. The van der Waals surface area contributed by atoms with E-state index in [4.69, 9.17) is 9.47 Å². The van der Waals surface area contributed by atoms with Crippen LogP contribution in [0, 0.1) is 35.5 Å². The molecule has 0 aromatic heterocycles. The number of hydrogen-bond donors (Lipinski definition) is 0. The minimum atomic E-state index is -0.0651. The van der Waals surface area contributed by atoms with Gasteiger partial charge in [-0.25, -0.2) is 0 Å². The van der Waals surface area contributed by atoms with E-state index in [1.807, 2.05) is 24.3 Å². The van der Waals surface area contributed by atoms with E-state index in [0.717, 1.165) is 48.2 Å². The summed E-state index contributed by atoms with van der Waals surface area (Å²) < 4.78 is 11.1. The molecule has 3 fully saturated rings. The molecular weight excluding hydrogens is 384 g/mol. The van der Waals surface area contributed by atoms with Crippen molar-refractivity contribution in [1.82, 2.24) is 0 Å². The first kappa shape index (κ1) is 22.2. The molecule has 168 valence electrons. The van der Waals surface area contributed by atoms with Crippen LogP contribution < -0.4 is 9.47 Å². The van der Waals surface area contributed by atoms with Crippen molar-refractivity contribution in [2.75, 3.05) is 6.61 Å². The first-order chi connectivity index (χ1) is 15.2. The molecule has 1 aromatic rings. The lowest BCUT2D eigenvalue weighted by Crippen LogP contribution is -2.35. The van der Waals surface area contributed by atoms with Gasteiger partial charge in [-0.05, 0) is 118 Å². The monoisotopic (exact) mass is 422 g/mol. The van der Waals surface area contributed by atoms with E-state index in [1.54, 1.807) is 6.08 Å². The van der Waals surface area contributed by atoms with Gasteiger partial charge in [-0.3, -0.25) is 4.79 Å². The fraction of sp³-hybridized carbons (Fsp3) is 0.607. The van der Waals surface area contributed by atoms with E-state index in [9.17, 15) is 4.79 Å². The molecule has 3 aliphatic rings. The number of esters is 1. The summed E-state index contributed by atoms with van der Waals surface area (Å²) in [7, 11) is 0. The van der Waals surface area contributed by atoms with Gasteiger partial charge in [0.2, 0.25) is 0 Å². The second kappa shape index (κ2) is 10.5. The Morgan fingerprint density at radius 1 is 0.806 bits per heavy atom. The zero-order chi connectivity index (χ0) is 21.6. The van der Waals surface area contributed by atoms with E-state index in [2.05, 4.69) is 19.2 Å². The third-order valence-corrected chi connectivity index (χ3v) is 8.21. The molecule has 31 heavy (non-hydrogen) atoms. The average molecular weight is 423 g/mol. The van der Waals surface area contributed by atoms with E-state index in [0.29, 0.717) is 12.4 Å². The minimum absolute atomic E-state index is 0.0484. The van der Waals surface area contributed by atoms with Gasteiger partial charge in [0.1, 0.15) is 18.1 Å². The number of carbonyl (C=O) groups is 1. The molecule has 3 heteroatoms. The predicted molar refractivity (Wildman–Crippen MR) is 125 cm³/mol. The summed E-state index contributed by atoms with van der Waals surface area (Å²) in [6, 6.07) is 7.28. The maximum atomic E-state index is 12.7. The SMILES string of the molecule is C=CCOc1ccc(OC(=O)C2CCC(C3CCC4CC(C=C)CCC4C3)CC2)cc1. The lowest BCUT2D eigenvalue weighted by atomic mass is 9.61. The van der Waals surface area contributed by atoms with Crippen molar-refractivity contribution in [3.05, 3.63) is 49.6 Å². The molecule has 0 bridgehead atoms. The van der Waals surface area contributed by atoms with Crippen LogP contribution in [-0.2, 0) is 4.79 Å². The highest BCUT2D eigenvalue weighted by atomic mass is 16.5. The summed E-state index contributed by atoms with van der Waals surface area (Å²) in [5, 5.41) is 0. The van der Waals surface area contributed by atoms with Crippen LogP contribution >= 0.6 is 0 Å². The van der Waals surface area contributed by atoms with E-state index in [1.165, 1.54) is 51.4 Å². The normalized spacial score (nSPS) is 33.0. The fourth-order valence-electron chi connectivity index (χ4n) is 6.39. The lowest BCUT2D eigenvalue weighted by molar-refractivity contribution is -0.140. The van der Waals surface area contributed by atoms with Crippen molar-refractivity contribution in [2.45, 2.75) is 64.2 Å². The second-order valence-corrected chi connectivity index (χ2v) is 10.0. The third kappa shape index (κ3) is 5.61. The van der Waals surface area contributed by atoms with Crippen LogP contribution in [0.3, 0.4) is 0 Å². The number of allylic oxidation sites excluding steroid dienone is 1. The molecule has 4 rings (SSSR count). The quantitative estimate of drug-likeness (QED) is 0.270. The number of carbonyl (C=O) groups excluding carboxylic acids is 1. The Morgan fingerprint density at radius 3 is 2.06 bits per heavy atom. The zero-order valence-electron chi connectivity index (χ0n) is 18.8. The highest BCUT2D eigenvalue weighted by Crippen LogP contribution is 2.49. The van der Waals surface area contributed by atoms with Crippen molar-refractivity contribution in [2.24, 2.45) is 35.5 Å². The Bertz CT molecular complexity index is 744. The van der Waals surface area contributed by atoms with Gasteiger partial charge in [0.15, 0.2) is 0 Å². The van der Waals surface area contributed by atoms with E-state index >= 15 is 0 Å². The smallest absolute Gasteiger partial charge is 0.314 e. The number of benzene rings is 1. The van der Waals surface area contributed by atoms with Crippen molar-refractivity contribution in [3.63, 3.8) is 0 Å². The molecule has 3 aliphatic carbocycles. The molecule has 0 aliphatic heterocycles. The third-order valence-electron chi connectivity index (χ3n) is 8.21. The van der Waals surface area contributed by atoms with E-state index < -0.39 is 0 Å². The van der Waals surface area contributed by atoms with Gasteiger partial charge in [-0.1, -0.05) is 18.7 Å². The number of fused-ring (bicyclic) bond motifs is 1. The highest BCUT2D eigenvalue weighted by Gasteiger charge is 2.39. The lowest BCUT2D eigenvalue weighted by Gasteiger charge is -2.45. The summed E-state index contributed by atoms with van der Waals surface area (Å²) in [4.78, 5) is 12.7. The Hall–Kier alpha value is -2.03. The standard InChI is InChI=1S/C28H38O3/c1-3-17-30-26-13-15-27(16-14-26)31-28(29)22-9-7-21(8-10-22)24-12-11-23-18-20(4-2)5-6-25(23)19-24/h3-4,13-16,20-25H,1-2,5-12,17-19H2. The van der Waals surface area contributed by atoms with Gasteiger partial charge in [0, 0.05) is 0 Å². The molecule has 0 saturated heterocycles. The van der Waals surface area contributed by atoms with Gasteiger partial charge in [0.05, 0.1) is 5.92 Å². The summed E-state index contributed by atoms with van der Waals surface area (Å²) in [6.07, 6.45) is 16.6. The van der Waals surface area contributed by atoms with Crippen LogP contribution in [-0.4, -0.2) is 12.6 Å². The van der Waals surface area contributed by atoms with Crippen molar-refractivity contribution in [1.29, 1.82) is 0 Å². The molecule has 0 heterocycles. The average Bonchev–Trinajstić information content (AvgIpc) is 2.83. The van der Waals surface area contributed by atoms with Crippen LogP contribution in [0.4, 0.5) is 0 Å².